The normalized spacial score (nSPS) is 14.9. The number of hydrogen-bond acceptors (Lipinski definition) is 3. The van der Waals surface area contributed by atoms with E-state index in [1.54, 1.807) is 12.4 Å². The summed E-state index contributed by atoms with van der Waals surface area (Å²) >= 11 is 0. The number of nitrogens with zero attached hydrogens (tertiary/aromatic N) is 2. The van der Waals surface area contributed by atoms with E-state index in [-0.39, 0.29) is 18.4 Å². The van der Waals surface area contributed by atoms with E-state index in [2.05, 4.69) is 15.7 Å². The van der Waals surface area contributed by atoms with Crippen LogP contribution in [-0.2, 0) is 11.3 Å². The minimum Gasteiger partial charge on any atom is -0.350 e. The zero-order valence-electron chi connectivity index (χ0n) is 14.3. The topological polar surface area (TPSA) is 76.0 Å². The largest absolute Gasteiger partial charge is 0.350 e. The van der Waals surface area contributed by atoms with Crippen molar-refractivity contribution >= 4 is 11.8 Å². The van der Waals surface area contributed by atoms with Gasteiger partial charge in [-0.15, -0.1) is 0 Å². The molecule has 1 aliphatic rings. The number of carbonyl (C=O) groups is 2. The molecule has 1 heterocycles. The number of amides is 2. The fourth-order valence-corrected chi connectivity index (χ4v) is 3.12. The second-order valence-electron chi connectivity index (χ2n) is 6.45. The molecule has 132 valence electrons. The molecule has 2 aromatic rings. The van der Waals surface area contributed by atoms with E-state index >= 15 is 0 Å². The second-order valence-corrected chi connectivity index (χ2v) is 6.45. The molecule has 0 saturated heterocycles. The molecule has 1 aromatic carbocycles. The number of carbonyl (C=O) groups excluding carboxylic acids is 2. The fourth-order valence-electron chi connectivity index (χ4n) is 3.12. The maximum Gasteiger partial charge on any atom is 0.254 e. The minimum atomic E-state index is -0.267. The summed E-state index contributed by atoms with van der Waals surface area (Å²) in [5, 5.41) is 9.75. The predicted molar refractivity (Wildman–Crippen MR) is 95.0 cm³/mol. The summed E-state index contributed by atoms with van der Waals surface area (Å²) < 4.78 is 1.89. The van der Waals surface area contributed by atoms with E-state index in [0.717, 1.165) is 18.4 Å². The van der Waals surface area contributed by atoms with Crippen molar-refractivity contribution in [2.45, 2.75) is 44.7 Å². The number of nitrogens with one attached hydrogen (secondary N) is 2. The first kappa shape index (κ1) is 17.2. The Balaban J connectivity index is 1.44. The lowest BCUT2D eigenvalue weighted by Gasteiger charge is -2.21. The van der Waals surface area contributed by atoms with Crippen molar-refractivity contribution in [3.8, 4) is 0 Å². The minimum absolute atomic E-state index is 0.0414. The first-order chi connectivity index (χ1) is 12.2. The molecule has 0 bridgehead atoms. The van der Waals surface area contributed by atoms with Crippen molar-refractivity contribution in [3.63, 3.8) is 0 Å². The highest BCUT2D eigenvalue weighted by Crippen LogP contribution is 2.27. The van der Waals surface area contributed by atoms with E-state index in [4.69, 9.17) is 0 Å². The van der Waals surface area contributed by atoms with Gasteiger partial charge in [0.15, 0.2) is 0 Å². The summed E-state index contributed by atoms with van der Waals surface area (Å²) in [5.41, 5.74) is 1.53. The van der Waals surface area contributed by atoms with E-state index in [1.165, 1.54) is 19.3 Å². The van der Waals surface area contributed by atoms with Gasteiger partial charge >= 0.3 is 0 Å². The first-order valence-electron chi connectivity index (χ1n) is 8.85. The molecule has 1 fully saturated rings. The van der Waals surface area contributed by atoms with Crippen LogP contribution in [0.4, 0.5) is 0 Å². The smallest absolute Gasteiger partial charge is 0.254 e. The van der Waals surface area contributed by atoms with Crippen molar-refractivity contribution in [2.24, 2.45) is 0 Å². The molecule has 0 spiro atoms. The number of benzene rings is 1. The molecular formula is C19H24N4O2. The SMILES string of the molecule is O=C(CNC(=O)c1cnn(C2CCCCC2)c1)NCc1ccccc1. The fraction of sp³-hybridized carbons (Fsp3) is 0.421. The first-order valence-corrected chi connectivity index (χ1v) is 8.85. The molecule has 2 N–H and O–H groups in total. The molecule has 0 aliphatic heterocycles. The van der Waals surface area contributed by atoms with Gasteiger partial charge in [-0.1, -0.05) is 49.6 Å². The molecular weight excluding hydrogens is 316 g/mol. The van der Waals surface area contributed by atoms with E-state index in [1.807, 2.05) is 35.0 Å². The highest BCUT2D eigenvalue weighted by Gasteiger charge is 2.18. The van der Waals surface area contributed by atoms with Crippen LogP contribution < -0.4 is 10.6 Å². The molecule has 6 heteroatoms. The molecule has 0 radical (unpaired) electrons. The lowest BCUT2D eigenvalue weighted by atomic mass is 9.96. The van der Waals surface area contributed by atoms with E-state index in [9.17, 15) is 9.59 Å². The molecule has 3 rings (SSSR count). The Hall–Kier alpha value is -2.63. The summed E-state index contributed by atoms with van der Waals surface area (Å²) in [7, 11) is 0. The lowest BCUT2D eigenvalue weighted by molar-refractivity contribution is -0.120. The van der Waals surface area contributed by atoms with Crippen molar-refractivity contribution in [3.05, 3.63) is 53.9 Å². The summed E-state index contributed by atoms with van der Waals surface area (Å²) in [6.07, 6.45) is 9.30. The van der Waals surface area contributed by atoms with E-state index in [0.29, 0.717) is 18.2 Å². The molecule has 2 amide bonds. The quantitative estimate of drug-likeness (QED) is 0.848. The standard InChI is InChI=1S/C19H24N4O2/c24-18(20-11-15-7-3-1-4-8-15)13-21-19(25)16-12-22-23(14-16)17-9-5-2-6-10-17/h1,3-4,7-8,12,14,17H,2,5-6,9-11,13H2,(H,20,24)(H,21,25). The molecule has 1 aliphatic carbocycles. The van der Waals surface area contributed by atoms with Gasteiger partial charge in [-0.2, -0.15) is 5.10 Å². The lowest BCUT2D eigenvalue weighted by Crippen LogP contribution is -2.36. The van der Waals surface area contributed by atoms with E-state index < -0.39 is 0 Å². The van der Waals surface area contributed by atoms with Crippen LogP contribution in [-0.4, -0.2) is 28.1 Å². The molecule has 1 saturated carbocycles. The summed E-state index contributed by atoms with van der Waals surface area (Å²) in [6.45, 7) is 0.412. The highest BCUT2D eigenvalue weighted by atomic mass is 16.2. The Kier molecular flexibility index (Phi) is 5.82. The second kappa shape index (κ2) is 8.46. The Morgan fingerprint density at radius 2 is 1.84 bits per heavy atom. The van der Waals surface area contributed by atoms with Crippen molar-refractivity contribution < 1.29 is 9.59 Å². The van der Waals surface area contributed by atoms with Crippen LogP contribution in [0.3, 0.4) is 0 Å². The van der Waals surface area contributed by atoms with Gasteiger partial charge in [0.1, 0.15) is 0 Å². The van der Waals surface area contributed by atoms with Crippen LogP contribution in [0.25, 0.3) is 0 Å². The van der Waals surface area contributed by atoms with Crippen LogP contribution in [0, 0.1) is 0 Å². The van der Waals surface area contributed by atoms with Gasteiger partial charge in [0.25, 0.3) is 5.91 Å². The van der Waals surface area contributed by atoms with Crippen LogP contribution in [0.2, 0.25) is 0 Å². The monoisotopic (exact) mass is 340 g/mol. The molecule has 1 aromatic heterocycles. The maximum atomic E-state index is 12.2. The van der Waals surface area contributed by atoms with Gasteiger partial charge in [0.05, 0.1) is 24.3 Å². The Morgan fingerprint density at radius 3 is 2.60 bits per heavy atom. The molecule has 6 nitrogen and oxygen atoms in total. The highest BCUT2D eigenvalue weighted by molar-refractivity contribution is 5.96. The van der Waals surface area contributed by atoms with Gasteiger partial charge in [-0.3, -0.25) is 14.3 Å². The molecule has 25 heavy (non-hydrogen) atoms. The zero-order valence-corrected chi connectivity index (χ0v) is 14.3. The van der Waals surface area contributed by atoms with Crippen LogP contribution in [0.5, 0.6) is 0 Å². The van der Waals surface area contributed by atoms with Gasteiger partial charge < -0.3 is 10.6 Å². The predicted octanol–water partition coefficient (Wildman–Crippen LogP) is 2.43. The van der Waals surface area contributed by atoms with Crippen molar-refractivity contribution in [1.29, 1.82) is 0 Å². The Labute approximate surface area is 147 Å². The van der Waals surface area contributed by atoms with Crippen LogP contribution in [0.15, 0.2) is 42.7 Å². The van der Waals surface area contributed by atoms with Crippen molar-refractivity contribution in [2.75, 3.05) is 6.54 Å². The van der Waals surface area contributed by atoms with Crippen LogP contribution >= 0.6 is 0 Å². The summed E-state index contributed by atoms with van der Waals surface area (Å²) in [4.78, 5) is 24.0. The third kappa shape index (κ3) is 4.92. The van der Waals surface area contributed by atoms with Gasteiger partial charge in [-0.25, -0.2) is 0 Å². The van der Waals surface area contributed by atoms with Crippen LogP contribution in [0.1, 0.15) is 54.1 Å². The Bertz CT molecular complexity index is 705. The zero-order chi connectivity index (χ0) is 17.5. The third-order valence-electron chi connectivity index (χ3n) is 4.55. The maximum absolute atomic E-state index is 12.2. The number of hydrogen-bond donors (Lipinski definition) is 2. The number of rotatable bonds is 6. The average molecular weight is 340 g/mol. The Morgan fingerprint density at radius 1 is 1.08 bits per heavy atom. The summed E-state index contributed by atoms with van der Waals surface area (Å²) in [6, 6.07) is 10.1. The summed E-state index contributed by atoms with van der Waals surface area (Å²) in [5.74, 6) is -0.478. The molecule has 0 atom stereocenters. The molecule has 0 unspecified atom stereocenters. The average Bonchev–Trinajstić information content (AvgIpc) is 3.16. The third-order valence-corrected chi connectivity index (χ3v) is 4.55. The van der Waals surface area contributed by atoms with Crippen molar-refractivity contribution in [1.82, 2.24) is 20.4 Å². The van der Waals surface area contributed by atoms with Gasteiger partial charge in [-0.05, 0) is 18.4 Å². The van der Waals surface area contributed by atoms with Gasteiger partial charge in [0, 0.05) is 12.7 Å². The number of aromatic nitrogens is 2. The van der Waals surface area contributed by atoms with Gasteiger partial charge in [0.2, 0.25) is 5.91 Å².